The Kier molecular flexibility index (Phi) is 1.14. The van der Waals surface area contributed by atoms with Gasteiger partial charge in [0.2, 0.25) is 0 Å². The van der Waals surface area contributed by atoms with Gasteiger partial charge in [-0.05, 0) is 18.2 Å². The Bertz CT molecular complexity index is 674. The molecule has 0 spiro atoms. The molecule has 0 aliphatic heterocycles. The van der Waals surface area contributed by atoms with E-state index in [1.165, 1.54) is 4.68 Å². The molecule has 0 fully saturated rings. The molecule has 3 rings (SSSR count). The standard InChI is InChI=1S/C9H7N3O2/c10-12-4-3-5-7(12)2-1-6-8(5)14-9(13)11-6/h1-4H,10H2,(H,11,13). The SMILES string of the molecule is Nn1ccc2c3oc(=O)[nH]c3ccc21. The maximum atomic E-state index is 11.0. The van der Waals surface area contributed by atoms with E-state index in [0.29, 0.717) is 11.1 Å². The Morgan fingerprint density at radius 2 is 2.21 bits per heavy atom. The minimum absolute atomic E-state index is 0.447. The third kappa shape index (κ3) is 0.756. The molecule has 2 aromatic heterocycles. The molecule has 0 atom stereocenters. The van der Waals surface area contributed by atoms with Crippen LogP contribution < -0.4 is 11.6 Å². The second-order valence-corrected chi connectivity index (χ2v) is 3.11. The van der Waals surface area contributed by atoms with Crippen molar-refractivity contribution in [2.24, 2.45) is 0 Å². The van der Waals surface area contributed by atoms with Gasteiger partial charge in [0.1, 0.15) is 0 Å². The molecule has 70 valence electrons. The maximum Gasteiger partial charge on any atom is 0.417 e. The van der Waals surface area contributed by atoms with Gasteiger partial charge in [0, 0.05) is 11.6 Å². The van der Waals surface area contributed by atoms with Gasteiger partial charge < -0.3 is 10.3 Å². The molecule has 0 saturated heterocycles. The lowest BCUT2D eigenvalue weighted by molar-refractivity contribution is 0.558. The van der Waals surface area contributed by atoms with Gasteiger partial charge in [-0.25, -0.2) is 4.79 Å². The topological polar surface area (TPSA) is 77.0 Å². The van der Waals surface area contributed by atoms with Gasteiger partial charge in [-0.2, -0.15) is 0 Å². The van der Waals surface area contributed by atoms with E-state index < -0.39 is 5.76 Å². The molecule has 0 saturated carbocycles. The second-order valence-electron chi connectivity index (χ2n) is 3.11. The Balaban J connectivity index is 2.66. The first-order valence-electron chi connectivity index (χ1n) is 4.14. The molecule has 0 unspecified atom stereocenters. The molecule has 0 aliphatic rings. The van der Waals surface area contributed by atoms with Crippen LogP contribution in [0.15, 0.2) is 33.6 Å². The zero-order valence-electron chi connectivity index (χ0n) is 7.15. The molecule has 14 heavy (non-hydrogen) atoms. The van der Waals surface area contributed by atoms with Crippen LogP contribution in [-0.2, 0) is 0 Å². The Hall–Kier alpha value is -2.17. The number of aromatic nitrogens is 2. The number of hydrogen-bond donors (Lipinski definition) is 2. The number of H-pyrrole nitrogens is 1. The predicted octanol–water partition coefficient (Wildman–Crippen LogP) is 0.790. The average Bonchev–Trinajstić information content (AvgIpc) is 2.68. The molecule has 0 aliphatic carbocycles. The Morgan fingerprint density at radius 3 is 3.07 bits per heavy atom. The lowest BCUT2D eigenvalue weighted by Gasteiger charge is -1.94. The van der Waals surface area contributed by atoms with Gasteiger partial charge in [0.25, 0.3) is 0 Å². The van der Waals surface area contributed by atoms with Crippen molar-refractivity contribution in [1.82, 2.24) is 9.66 Å². The number of fused-ring (bicyclic) bond motifs is 3. The van der Waals surface area contributed by atoms with E-state index in [1.54, 1.807) is 12.3 Å². The van der Waals surface area contributed by atoms with E-state index >= 15 is 0 Å². The number of nitrogens with one attached hydrogen (secondary N) is 1. The summed E-state index contributed by atoms with van der Waals surface area (Å²) in [4.78, 5) is 13.6. The normalized spacial score (nSPS) is 11.4. The van der Waals surface area contributed by atoms with Crippen molar-refractivity contribution in [3.8, 4) is 0 Å². The van der Waals surface area contributed by atoms with E-state index in [2.05, 4.69) is 4.98 Å². The van der Waals surface area contributed by atoms with Crippen LogP contribution in [0, 0.1) is 0 Å². The van der Waals surface area contributed by atoms with E-state index in [9.17, 15) is 4.79 Å². The number of nitrogens with two attached hydrogens (primary N) is 1. The molecule has 5 heteroatoms. The molecular weight excluding hydrogens is 182 g/mol. The number of hydrogen-bond acceptors (Lipinski definition) is 3. The fourth-order valence-electron chi connectivity index (χ4n) is 1.65. The van der Waals surface area contributed by atoms with Crippen LogP contribution in [0.1, 0.15) is 0 Å². The van der Waals surface area contributed by atoms with Crippen molar-refractivity contribution >= 4 is 22.0 Å². The van der Waals surface area contributed by atoms with Gasteiger partial charge in [0.15, 0.2) is 5.58 Å². The fraction of sp³-hybridized carbons (Fsp3) is 0. The fourth-order valence-corrected chi connectivity index (χ4v) is 1.65. The van der Waals surface area contributed by atoms with Crippen LogP contribution >= 0.6 is 0 Å². The number of rotatable bonds is 0. The quantitative estimate of drug-likeness (QED) is 0.513. The smallest absolute Gasteiger partial charge is 0.407 e. The lowest BCUT2D eigenvalue weighted by atomic mass is 10.2. The zero-order chi connectivity index (χ0) is 9.71. The number of oxazole rings is 1. The number of nitrogens with zero attached hydrogens (tertiary/aromatic N) is 1. The van der Waals surface area contributed by atoms with E-state index in [1.807, 2.05) is 12.1 Å². The summed E-state index contributed by atoms with van der Waals surface area (Å²) >= 11 is 0. The molecule has 3 aromatic rings. The van der Waals surface area contributed by atoms with E-state index in [0.717, 1.165) is 10.9 Å². The minimum atomic E-state index is -0.447. The predicted molar refractivity (Wildman–Crippen MR) is 52.5 cm³/mol. The molecule has 0 bridgehead atoms. The largest absolute Gasteiger partial charge is 0.417 e. The van der Waals surface area contributed by atoms with Gasteiger partial charge >= 0.3 is 5.76 Å². The van der Waals surface area contributed by atoms with Gasteiger partial charge in [0.05, 0.1) is 11.0 Å². The third-order valence-electron chi connectivity index (χ3n) is 2.28. The third-order valence-corrected chi connectivity index (χ3v) is 2.28. The van der Waals surface area contributed by atoms with Crippen molar-refractivity contribution < 1.29 is 4.42 Å². The summed E-state index contributed by atoms with van der Waals surface area (Å²) in [7, 11) is 0. The summed E-state index contributed by atoms with van der Waals surface area (Å²) in [5, 5.41) is 0.836. The zero-order valence-corrected chi connectivity index (χ0v) is 7.15. The monoisotopic (exact) mass is 189 g/mol. The summed E-state index contributed by atoms with van der Waals surface area (Å²) in [6.45, 7) is 0. The van der Waals surface area contributed by atoms with Gasteiger partial charge in [-0.15, -0.1) is 0 Å². The molecule has 5 nitrogen and oxygen atoms in total. The number of nitrogen functional groups attached to an aromatic ring is 1. The maximum absolute atomic E-state index is 11.0. The van der Waals surface area contributed by atoms with Crippen LogP contribution in [0.4, 0.5) is 0 Å². The molecular formula is C9H7N3O2. The highest BCUT2D eigenvalue weighted by Gasteiger charge is 2.07. The molecule has 3 N–H and O–H groups in total. The summed E-state index contributed by atoms with van der Waals surface area (Å²) in [5.41, 5.74) is 2.07. The number of benzene rings is 1. The Morgan fingerprint density at radius 1 is 1.36 bits per heavy atom. The van der Waals surface area contributed by atoms with Gasteiger partial charge in [-0.3, -0.25) is 9.66 Å². The summed E-state index contributed by atoms with van der Waals surface area (Å²) in [5.74, 6) is 5.21. The Labute approximate surface area is 77.7 Å². The number of aromatic amines is 1. The highest BCUT2D eigenvalue weighted by Crippen LogP contribution is 2.22. The van der Waals surface area contributed by atoms with Crippen molar-refractivity contribution in [3.05, 3.63) is 34.9 Å². The van der Waals surface area contributed by atoms with E-state index in [4.69, 9.17) is 10.3 Å². The first-order valence-corrected chi connectivity index (χ1v) is 4.14. The first-order chi connectivity index (χ1) is 6.75. The van der Waals surface area contributed by atoms with Crippen molar-refractivity contribution in [1.29, 1.82) is 0 Å². The molecule has 2 heterocycles. The molecule has 0 amide bonds. The minimum Gasteiger partial charge on any atom is -0.407 e. The highest BCUT2D eigenvalue weighted by atomic mass is 16.4. The van der Waals surface area contributed by atoms with Crippen molar-refractivity contribution in [2.75, 3.05) is 5.84 Å². The lowest BCUT2D eigenvalue weighted by Crippen LogP contribution is -2.04. The van der Waals surface area contributed by atoms with Crippen molar-refractivity contribution in [3.63, 3.8) is 0 Å². The highest BCUT2D eigenvalue weighted by molar-refractivity contribution is 6.01. The first kappa shape index (κ1) is 7.25. The van der Waals surface area contributed by atoms with E-state index in [-0.39, 0.29) is 0 Å². The van der Waals surface area contributed by atoms with Crippen LogP contribution in [-0.4, -0.2) is 9.66 Å². The summed E-state index contributed by atoms with van der Waals surface area (Å²) < 4.78 is 6.50. The van der Waals surface area contributed by atoms with Crippen molar-refractivity contribution in [2.45, 2.75) is 0 Å². The molecule has 1 aromatic carbocycles. The summed E-state index contributed by atoms with van der Waals surface area (Å²) in [6, 6.07) is 5.42. The summed E-state index contributed by atoms with van der Waals surface area (Å²) in [6.07, 6.45) is 1.72. The van der Waals surface area contributed by atoms with Gasteiger partial charge in [-0.1, -0.05) is 0 Å². The van der Waals surface area contributed by atoms with Crippen LogP contribution in [0.25, 0.3) is 22.0 Å². The van der Waals surface area contributed by atoms with Crippen LogP contribution in [0.3, 0.4) is 0 Å². The average molecular weight is 189 g/mol. The van der Waals surface area contributed by atoms with Crippen LogP contribution in [0.5, 0.6) is 0 Å². The van der Waals surface area contributed by atoms with Crippen LogP contribution in [0.2, 0.25) is 0 Å². The second kappa shape index (κ2) is 2.20. The molecule has 0 radical (unpaired) electrons.